The number of ether oxygens (including phenoxy) is 2. The maximum absolute atomic E-state index is 12.7. The van der Waals surface area contributed by atoms with E-state index in [2.05, 4.69) is 10.6 Å². The third-order valence-corrected chi connectivity index (χ3v) is 5.24. The van der Waals surface area contributed by atoms with Gasteiger partial charge in [-0.2, -0.15) is 0 Å². The molecule has 1 aliphatic heterocycles. The van der Waals surface area contributed by atoms with Gasteiger partial charge >= 0.3 is 12.0 Å². The first-order valence-electron chi connectivity index (χ1n) is 8.85. The van der Waals surface area contributed by atoms with Crippen molar-refractivity contribution in [3.05, 3.63) is 71.4 Å². The summed E-state index contributed by atoms with van der Waals surface area (Å²) in [6.45, 7) is 1.98. The highest BCUT2D eigenvalue weighted by atomic mass is 32.2. The lowest BCUT2D eigenvalue weighted by Crippen LogP contribution is -2.45. The molecule has 0 unspecified atom stereocenters. The summed E-state index contributed by atoms with van der Waals surface area (Å²) in [5.41, 5.74) is 1.67. The fourth-order valence-electron chi connectivity index (χ4n) is 2.90. The molecule has 2 aromatic rings. The summed E-state index contributed by atoms with van der Waals surface area (Å²) in [6, 6.07) is 16.2. The first kappa shape index (κ1) is 19.8. The van der Waals surface area contributed by atoms with Gasteiger partial charge in [0, 0.05) is 16.3 Å². The Labute approximate surface area is 168 Å². The number of rotatable bonds is 7. The van der Waals surface area contributed by atoms with Crippen molar-refractivity contribution in [1.82, 2.24) is 10.6 Å². The normalized spacial score (nSPS) is 16.2. The van der Waals surface area contributed by atoms with E-state index >= 15 is 0 Å². The summed E-state index contributed by atoms with van der Waals surface area (Å²) >= 11 is 1.62. The highest BCUT2D eigenvalue weighted by Gasteiger charge is 2.32. The van der Waals surface area contributed by atoms with Crippen molar-refractivity contribution < 1.29 is 19.1 Å². The predicted molar refractivity (Wildman–Crippen MR) is 108 cm³/mol. The van der Waals surface area contributed by atoms with Crippen LogP contribution in [0.3, 0.4) is 0 Å². The SMILES string of the molecule is COc1ccc([C@@H]2NC(=O)NC(C)=C2C(=O)OCCSc2ccccc2)cc1. The highest BCUT2D eigenvalue weighted by Crippen LogP contribution is 2.29. The molecule has 1 heterocycles. The number of carbonyl (C=O) groups excluding carboxylic acids is 2. The molecule has 0 radical (unpaired) electrons. The zero-order chi connectivity index (χ0) is 19.9. The van der Waals surface area contributed by atoms with E-state index in [9.17, 15) is 9.59 Å². The van der Waals surface area contributed by atoms with Crippen molar-refractivity contribution in [3.63, 3.8) is 0 Å². The summed E-state index contributed by atoms with van der Waals surface area (Å²) in [7, 11) is 1.58. The lowest BCUT2D eigenvalue weighted by Gasteiger charge is -2.28. The molecule has 3 rings (SSSR count). The molecule has 0 saturated heterocycles. The maximum atomic E-state index is 12.7. The smallest absolute Gasteiger partial charge is 0.338 e. The topological polar surface area (TPSA) is 76.7 Å². The second-order valence-corrected chi connectivity index (χ2v) is 7.31. The maximum Gasteiger partial charge on any atom is 0.338 e. The Morgan fingerprint density at radius 1 is 1.11 bits per heavy atom. The Bertz CT molecular complexity index is 866. The van der Waals surface area contributed by atoms with Gasteiger partial charge in [-0.25, -0.2) is 9.59 Å². The fourth-order valence-corrected chi connectivity index (χ4v) is 3.65. The number of urea groups is 1. The molecule has 2 amide bonds. The van der Waals surface area contributed by atoms with Gasteiger partial charge in [0.05, 0.1) is 18.7 Å². The van der Waals surface area contributed by atoms with Crippen LogP contribution < -0.4 is 15.4 Å². The van der Waals surface area contributed by atoms with Crippen LogP contribution in [-0.2, 0) is 9.53 Å². The molecule has 0 fully saturated rings. The number of allylic oxidation sites excluding steroid dienone is 1. The standard InChI is InChI=1S/C21H22N2O4S/c1-14-18(20(24)27-12-13-28-17-6-4-3-5-7-17)19(23-21(25)22-14)15-8-10-16(26-2)11-9-15/h3-11,19H,12-13H2,1-2H3,(H2,22,23,25)/t19-/m0/s1. The number of benzene rings is 2. The largest absolute Gasteiger partial charge is 0.497 e. The van der Waals surface area contributed by atoms with E-state index in [1.54, 1.807) is 37.9 Å². The van der Waals surface area contributed by atoms with Crippen LogP contribution in [0, 0.1) is 0 Å². The minimum Gasteiger partial charge on any atom is -0.497 e. The molecule has 146 valence electrons. The summed E-state index contributed by atoms with van der Waals surface area (Å²) < 4.78 is 10.6. The minimum atomic E-state index is -0.575. The first-order chi connectivity index (χ1) is 13.6. The molecule has 1 aliphatic rings. The predicted octanol–water partition coefficient (Wildman–Crippen LogP) is 3.66. The number of esters is 1. The van der Waals surface area contributed by atoms with E-state index in [-0.39, 0.29) is 12.6 Å². The second kappa shape index (κ2) is 9.32. The van der Waals surface area contributed by atoms with Crippen molar-refractivity contribution in [2.45, 2.75) is 17.9 Å². The van der Waals surface area contributed by atoms with Gasteiger partial charge in [0.2, 0.25) is 0 Å². The van der Waals surface area contributed by atoms with Gasteiger partial charge in [0.1, 0.15) is 12.4 Å². The van der Waals surface area contributed by atoms with E-state index < -0.39 is 12.0 Å². The number of hydrogen-bond donors (Lipinski definition) is 2. The summed E-state index contributed by atoms with van der Waals surface area (Å²) in [5.74, 6) is 0.904. The van der Waals surface area contributed by atoms with Crippen molar-refractivity contribution in [3.8, 4) is 5.75 Å². The van der Waals surface area contributed by atoms with Crippen molar-refractivity contribution >= 4 is 23.8 Å². The third kappa shape index (κ3) is 4.86. The molecule has 28 heavy (non-hydrogen) atoms. The minimum absolute atomic E-state index is 0.276. The van der Waals surface area contributed by atoms with E-state index in [4.69, 9.17) is 9.47 Å². The molecule has 2 aromatic carbocycles. The van der Waals surface area contributed by atoms with E-state index in [0.717, 1.165) is 10.5 Å². The number of amides is 2. The summed E-state index contributed by atoms with van der Waals surface area (Å²) in [5, 5.41) is 5.44. The van der Waals surface area contributed by atoms with E-state index in [1.165, 1.54) is 0 Å². The number of nitrogens with one attached hydrogen (secondary N) is 2. The van der Waals surface area contributed by atoms with Crippen LogP contribution in [0.1, 0.15) is 18.5 Å². The third-order valence-electron chi connectivity index (χ3n) is 4.27. The zero-order valence-electron chi connectivity index (χ0n) is 15.7. The molecule has 1 atom stereocenters. The molecule has 0 spiro atoms. The molecule has 6 nitrogen and oxygen atoms in total. The molecule has 2 N–H and O–H groups in total. The lowest BCUT2D eigenvalue weighted by atomic mass is 9.95. The number of methoxy groups -OCH3 is 1. The van der Waals surface area contributed by atoms with Gasteiger partial charge in [-0.3, -0.25) is 0 Å². The van der Waals surface area contributed by atoms with Crippen molar-refractivity contribution in [2.75, 3.05) is 19.5 Å². The zero-order valence-corrected chi connectivity index (χ0v) is 16.5. The molecule has 0 aliphatic carbocycles. The molecular formula is C21H22N2O4S. The molecular weight excluding hydrogens is 376 g/mol. The van der Waals surface area contributed by atoms with E-state index in [0.29, 0.717) is 22.8 Å². The van der Waals surface area contributed by atoms with E-state index in [1.807, 2.05) is 42.5 Å². The Kier molecular flexibility index (Phi) is 6.60. The van der Waals surface area contributed by atoms with Crippen molar-refractivity contribution in [2.24, 2.45) is 0 Å². The van der Waals surface area contributed by atoms with Gasteiger partial charge in [-0.1, -0.05) is 30.3 Å². The quantitative estimate of drug-likeness (QED) is 0.423. The number of thioether (sulfide) groups is 1. The Balaban J connectivity index is 1.67. The Morgan fingerprint density at radius 2 is 1.82 bits per heavy atom. The summed E-state index contributed by atoms with van der Waals surface area (Å²) in [6.07, 6.45) is 0. The van der Waals surface area contributed by atoms with Crippen molar-refractivity contribution in [1.29, 1.82) is 0 Å². The molecule has 0 saturated carbocycles. The van der Waals surface area contributed by atoms with Crippen LogP contribution in [0.5, 0.6) is 5.75 Å². The van der Waals surface area contributed by atoms with Crippen LogP contribution in [0.4, 0.5) is 4.79 Å². The molecule has 0 bridgehead atoms. The fraction of sp³-hybridized carbons (Fsp3) is 0.238. The Morgan fingerprint density at radius 3 is 2.50 bits per heavy atom. The van der Waals surface area contributed by atoms with Crippen LogP contribution in [-0.4, -0.2) is 31.5 Å². The monoisotopic (exact) mass is 398 g/mol. The average molecular weight is 398 g/mol. The Hall–Kier alpha value is -2.93. The average Bonchev–Trinajstić information content (AvgIpc) is 2.71. The molecule has 7 heteroatoms. The first-order valence-corrected chi connectivity index (χ1v) is 9.84. The van der Waals surface area contributed by atoms with Crippen LogP contribution >= 0.6 is 11.8 Å². The second-order valence-electron chi connectivity index (χ2n) is 6.14. The van der Waals surface area contributed by atoms with Gasteiger partial charge in [-0.05, 0) is 36.8 Å². The van der Waals surface area contributed by atoms with Crippen LogP contribution in [0.15, 0.2) is 70.8 Å². The van der Waals surface area contributed by atoms with Crippen LogP contribution in [0.25, 0.3) is 0 Å². The van der Waals surface area contributed by atoms with Gasteiger partial charge < -0.3 is 20.1 Å². The molecule has 0 aromatic heterocycles. The van der Waals surface area contributed by atoms with Crippen LogP contribution in [0.2, 0.25) is 0 Å². The van der Waals surface area contributed by atoms with Gasteiger partial charge in [-0.15, -0.1) is 11.8 Å². The number of hydrogen-bond acceptors (Lipinski definition) is 5. The number of carbonyl (C=O) groups is 2. The van der Waals surface area contributed by atoms with Gasteiger partial charge in [0.25, 0.3) is 0 Å². The highest BCUT2D eigenvalue weighted by molar-refractivity contribution is 7.99. The summed E-state index contributed by atoms with van der Waals surface area (Å²) in [4.78, 5) is 25.8. The van der Waals surface area contributed by atoms with Gasteiger partial charge in [0.15, 0.2) is 0 Å². The lowest BCUT2D eigenvalue weighted by molar-refractivity contribution is -0.138.